The summed E-state index contributed by atoms with van der Waals surface area (Å²) < 4.78 is 0. The molecule has 13 aromatic rings. The SMILES string of the molecule is c1ccc(-c2cccc(N(c3ccccc3)c3cc4c5c(c3)N(c3ccccc3)c3ccccc3B5c3cc5c(cc3S4)Sc3cc(N(c4ccccc4)c4cccc(-c6ccccc6)c4)cc4c3B5c3ccccc3N4c3ccccc3)c2)cc1. The Balaban J connectivity index is 0.880. The van der Waals surface area contributed by atoms with Gasteiger partial charge in [0.25, 0.3) is 0 Å². The highest BCUT2D eigenvalue weighted by atomic mass is 32.2. The Morgan fingerprint density at radius 2 is 0.581 bits per heavy atom. The summed E-state index contributed by atoms with van der Waals surface area (Å²) in [6.45, 7) is -0.0605. The molecule has 13 aromatic carbocycles. The third-order valence-corrected chi connectivity index (χ3v) is 19.7. The standard InChI is InChI=1S/C78H52B2N4S2/c1-7-25-53(26-8-1)55-29-23-39-61(45-55)81(57-31-11-3-12-32-57)63-47-71-77-75(49-63)85-73-52-74-68(51-67(73)79(77)65-41-19-21-43-69(65)83(71)59-35-15-5-16-36-59)80-66-42-20-22-44-70(66)84(60-37-17-6-18-38-60)72-48-64(50-76(86-74)78(72)80)82(58-33-13-4-14-34-58)62-40-24-30-56(46-62)54-27-9-2-10-28-54/h1-52H. The second-order valence-corrected chi connectivity index (χ2v) is 24.6. The van der Waals surface area contributed by atoms with Gasteiger partial charge in [-0.05, 0) is 159 Å². The van der Waals surface area contributed by atoms with Gasteiger partial charge in [-0.2, -0.15) is 0 Å². The van der Waals surface area contributed by atoms with Crippen molar-refractivity contribution < 1.29 is 0 Å². The lowest BCUT2D eigenvalue weighted by Gasteiger charge is -2.43. The minimum Gasteiger partial charge on any atom is -0.311 e. The maximum absolute atomic E-state index is 2.63. The molecule has 8 heteroatoms. The second-order valence-electron chi connectivity index (χ2n) is 22.4. The van der Waals surface area contributed by atoms with Crippen LogP contribution in [0.15, 0.2) is 335 Å². The molecule has 0 bridgehead atoms. The van der Waals surface area contributed by atoms with Crippen molar-refractivity contribution in [2.24, 2.45) is 0 Å². The van der Waals surface area contributed by atoms with Crippen LogP contribution >= 0.6 is 23.5 Å². The summed E-state index contributed by atoms with van der Waals surface area (Å²) in [5, 5.41) is 0. The van der Waals surface area contributed by atoms with Crippen molar-refractivity contribution in [3.05, 3.63) is 315 Å². The monoisotopic (exact) mass is 1130 g/mol. The molecule has 4 aliphatic rings. The predicted octanol–water partition coefficient (Wildman–Crippen LogP) is 17.5. The number of hydrogen-bond donors (Lipinski definition) is 0. The summed E-state index contributed by atoms with van der Waals surface area (Å²) >= 11 is 3.85. The van der Waals surface area contributed by atoms with E-state index in [1.54, 1.807) is 0 Å². The zero-order valence-electron chi connectivity index (χ0n) is 46.8. The molecule has 0 saturated heterocycles. The van der Waals surface area contributed by atoms with E-state index in [0.29, 0.717) is 0 Å². The van der Waals surface area contributed by atoms with E-state index in [9.17, 15) is 0 Å². The van der Waals surface area contributed by atoms with E-state index in [1.165, 1.54) is 97.4 Å². The molecular formula is C78H52B2N4S2. The zero-order valence-corrected chi connectivity index (χ0v) is 48.4. The Kier molecular flexibility index (Phi) is 12.2. The third-order valence-electron chi connectivity index (χ3n) is 17.4. The highest BCUT2D eigenvalue weighted by Gasteiger charge is 2.46. The molecule has 4 aliphatic heterocycles. The van der Waals surface area contributed by atoms with Crippen LogP contribution in [0.5, 0.6) is 0 Å². The van der Waals surface area contributed by atoms with Crippen LogP contribution in [-0.4, -0.2) is 13.4 Å². The van der Waals surface area contributed by atoms with Crippen molar-refractivity contribution in [3.8, 4) is 22.3 Å². The number of rotatable bonds is 10. The molecule has 17 rings (SSSR count). The van der Waals surface area contributed by atoms with E-state index in [2.05, 4.69) is 335 Å². The molecule has 0 fully saturated rings. The van der Waals surface area contributed by atoms with Crippen LogP contribution in [0, 0.1) is 0 Å². The molecule has 0 amide bonds. The summed E-state index contributed by atoms with van der Waals surface area (Å²) in [5.74, 6) is 0. The Morgan fingerprint density at radius 3 is 1.00 bits per heavy atom. The van der Waals surface area contributed by atoms with E-state index in [0.717, 1.165) is 45.5 Å². The Hall–Kier alpha value is -10.1. The number of nitrogens with zero attached hydrogens (tertiary/aromatic N) is 4. The van der Waals surface area contributed by atoms with E-state index < -0.39 is 0 Å². The van der Waals surface area contributed by atoms with Crippen molar-refractivity contribution in [2.75, 3.05) is 19.6 Å². The molecule has 402 valence electrons. The molecular weight excluding hydrogens is 1080 g/mol. The van der Waals surface area contributed by atoms with Gasteiger partial charge in [-0.1, -0.05) is 235 Å². The summed E-state index contributed by atoms with van der Waals surface area (Å²) in [6.07, 6.45) is 0. The molecule has 4 heterocycles. The molecule has 0 aromatic heterocycles. The zero-order chi connectivity index (χ0) is 56.7. The maximum atomic E-state index is 2.63. The normalized spacial score (nSPS) is 12.9. The molecule has 0 aliphatic carbocycles. The predicted molar refractivity (Wildman–Crippen MR) is 366 cm³/mol. The first kappa shape index (κ1) is 50.4. The summed E-state index contributed by atoms with van der Waals surface area (Å²) in [4.78, 5) is 15.0. The average molecular weight is 1130 g/mol. The van der Waals surface area contributed by atoms with Crippen LogP contribution < -0.4 is 52.4 Å². The van der Waals surface area contributed by atoms with Gasteiger partial charge in [0.2, 0.25) is 13.4 Å². The van der Waals surface area contributed by atoms with Gasteiger partial charge < -0.3 is 19.6 Å². The van der Waals surface area contributed by atoms with Crippen LogP contribution in [-0.2, 0) is 0 Å². The van der Waals surface area contributed by atoms with Gasteiger partial charge in [0.1, 0.15) is 0 Å². The number of fused-ring (bicyclic) bond motifs is 8. The summed E-state index contributed by atoms with van der Waals surface area (Å²) in [7, 11) is 0. The Morgan fingerprint density at radius 1 is 0.233 bits per heavy atom. The Bertz CT molecular complexity index is 4450. The largest absolute Gasteiger partial charge is 0.311 e. The minimum absolute atomic E-state index is 0.0303. The first-order valence-corrected chi connectivity index (χ1v) is 31.1. The van der Waals surface area contributed by atoms with Crippen molar-refractivity contribution in [2.45, 2.75) is 19.6 Å². The summed E-state index contributed by atoms with van der Waals surface area (Å²) in [5.41, 5.74) is 26.4. The molecule has 0 radical (unpaired) electrons. The van der Waals surface area contributed by atoms with E-state index in [-0.39, 0.29) is 13.4 Å². The summed E-state index contributed by atoms with van der Waals surface area (Å²) in [6, 6.07) is 117. The molecule has 0 spiro atoms. The van der Waals surface area contributed by atoms with Gasteiger partial charge in [-0.15, -0.1) is 0 Å². The first-order valence-electron chi connectivity index (χ1n) is 29.5. The van der Waals surface area contributed by atoms with Gasteiger partial charge in [0, 0.05) is 87.8 Å². The smallest absolute Gasteiger partial charge is 0.249 e. The fraction of sp³-hybridized carbons (Fsp3) is 0. The van der Waals surface area contributed by atoms with E-state index in [4.69, 9.17) is 0 Å². The van der Waals surface area contributed by atoms with Gasteiger partial charge in [-0.3, -0.25) is 0 Å². The van der Waals surface area contributed by atoms with Gasteiger partial charge in [0.15, 0.2) is 0 Å². The van der Waals surface area contributed by atoms with Crippen molar-refractivity contribution in [3.63, 3.8) is 0 Å². The third kappa shape index (κ3) is 8.42. The molecule has 0 saturated carbocycles. The van der Waals surface area contributed by atoms with Gasteiger partial charge >= 0.3 is 0 Å². The van der Waals surface area contributed by atoms with Crippen LogP contribution in [0.25, 0.3) is 22.3 Å². The van der Waals surface area contributed by atoms with Crippen LogP contribution in [0.2, 0.25) is 0 Å². The minimum atomic E-state index is -0.0303. The van der Waals surface area contributed by atoms with Gasteiger partial charge in [-0.25, -0.2) is 0 Å². The quantitative estimate of drug-likeness (QED) is 0.126. The molecule has 0 unspecified atom stereocenters. The van der Waals surface area contributed by atoms with Crippen LogP contribution in [0.3, 0.4) is 0 Å². The fourth-order valence-electron chi connectivity index (χ4n) is 13.8. The van der Waals surface area contributed by atoms with Crippen molar-refractivity contribution in [1.29, 1.82) is 0 Å². The lowest BCUT2D eigenvalue weighted by molar-refractivity contribution is 1.22. The van der Waals surface area contributed by atoms with E-state index in [1.807, 2.05) is 23.5 Å². The Labute approximate surface area is 511 Å². The fourth-order valence-corrected chi connectivity index (χ4v) is 16.3. The maximum Gasteiger partial charge on any atom is 0.249 e. The highest BCUT2D eigenvalue weighted by Crippen LogP contribution is 2.50. The topological polar surface area (TPSA) is 13.0 Å². The van der Waals surface area contributed by atoms with E-state index >= 15 is 0 Å². The number of hydrogen-bond acceptors (Lipinski definition) is 6. The molecule has 4 nitrogen and oxygen atoms in total. The van der Waals surface area contributed by atoms with Crippen molar-refractivity contribution >= 4 is 138 Å². The number of para-hydroxylation sites is 6. The van der Waals surface area contributed by atoms with Gasteiger partial charge in [0.05, 0.1) is 0 Å². The second kappa shape index (κ2) is 20.9. The highest BCUT2D eigenvalue weighted by molar-refractivity contribution is 8.01. The van der Waals surface area contributed by atoms with Crippen LogP contribution in [0.4, 0.5) is 68.2 Å². The lowest BCUT2D eigenvalue weighted by Crippen LogP contribution is -2.63. The van der Waals surface area contributed by atoms with Crippen molar-refractivity contribution in [1.82, 2.24) is 0 Å². The average Bonchev–Trinajstić information content (AvgIpc) is 0.747. The molecule has 0 atom stereocenters. The first-order chi connectivity index (χ1) is 42.7. The lowest BCUT2D eigenvalue weighted by atomic mass is 9.32. The molecule has 86 heavy (non-hydrogen) atoms. The molecule has 0 N–H and O–H groups in total. The number of benzene rings is 13. The number of anilines is 12. The van der Waals surface area contributed by atoms with Crippen LogP contribution in [0.1, 0.15) is 0 Å².